The summed E-state index contributed by atoms with van der Waals surface area (Å²) in [6.07, 6.45) is 3.26. The number of anilines is 1. The summed E-state index contributed by atoms with van der Waals surface area (Å²) >= 11 is 0. The number of fused-ring (bicyclic) bond motifs is 1. The van der Waals surface area contributed by atoms with Crippen molar-refractivity contribution in [3.63, 3.8) is 0 Å². The molecule has 1 aliphatic rings. The van der Waals surface area contributed by atoms with Gasteiger partial charge in [0, 0.05) is 13.0 Å². The maximum absolute atomic E-state index is 13.1. The van der Waals surface area contributed by atoms with E-state index < -0.39 is 5.82 Å². The van der Waals surface area contributed by atoms with Gasteiger partial charge in [-0.2, -0.15) is 5.26 Å². The highest BCUT2D eigenvalue weighted by atomic mass is 19.1. The molecule has 1 aliphatic heterocycles. The minimum atomic E-state index is -0.410. The van der Waals surface area contributed by atoms with Crippen LogP contribution in [-0.4, -0.2) is 14.8 Å². The first-order valence-electron chi connectivity index (χ1n) is 6.62. The number of hydrogen-bond donors (Lipinski definition) is 1. The summed E-state index contributed by atoms with van der Waals surface area (Å²) in [6.45, 7) is 1.42. The molecule has 0 radical (unpaired) electrons. The van der Waals surface area contributed by atoms with Crippen LogP contribution in [0, 0.1) is 17.1 Å². The summed E-state index contributed by atoms with van der Waals surface area (Å²) in [6, 6.07) is 6.11. The number of nitriles is 1. The third-order valence-electron chi connectivity index (χ3n) is 3.48. The predicted octanol–water partition coefficient (Wildman–Crippen LogP) is 2.24. The van der Waals surface area contributed by atoms with Gasteiger partial charge in [-0.1, -0.05) is 0 Å². The zero-order valence-electron chi connectivity index (χ0n) is 10.9. The number of nitrogens with one attached hydrogen (secondary N) is 1. The Labute approximate surface area is 116 Å². The van der Waals surface area contributed by atoms with Gasteiger partial charge in [-0.25, -0.2) is 4.39 Å². The molecule has 2 aromatic rings. The third-order valence-corrected chi connectivity index (χ3v) is 3.48. The number of hydrogen-bond acceptors (Lipinski definition) is 4. The summed E-state index contributed by atoms with van der Waals surface area (Å²) in [7, 11) is 0. The SMILES string of the molecule is N#Cc1cc(F)ccc1NCc1nnc2n1CCCC2. The normalized spacial score (nSPS) is 13.6. The first-order valence-corrected chi connectivity index (χ1v) is 6.62. The van der Waals surface area contributed by atoms with E-state index in [1.54, 1.807) is 6.07 Å². The molecule has 1 N–H and O–H groups in total. The number of nitrogens with zero attached hydrogens (tertiary/aromatic N) is 4. The number of halogens is 1. The second kappa shape index (κ2) is 5.29. The van der Waals surface area contributed by atoms with E-state index in [1.807, 2.05) is 6.07 Å². The number of aromatic nitrogens is 3. The van der Waals surface area contributed by atoms with Gasteiger partial charge in [-0.15, -0.1) is 10.2 Å². The van der Waals surface area contributed by atoms with E-state index in [4.69, 9.17) is 5.26 Å². The van der Waals surface area contributed by atoms with Crippen LogP contribution in [0.1, 0.15) is 30.1 Å². The highest BCUT2D eigenvalue weighted by Crippen LogP contribution is 2.18. The van der Waals surface area contributed by atoms with Crippen LogP contribution in [0.2, 0.25) is 0 Å². The van der Waals surface area contributed by atoms with Crippen molar-refractivity contribution in [1.82, 2.24) is 14.8 Å². The van der Waals surface area contributed by atoms with Gasteiger partial charge in [0.15, 0.2) is 5.82 Å². The molecular formula is C14H14FN5. The fourth-order valence-electron chi connectivity index (χ4n) is 2.44. The Morgan fingerprint density at radius 2 is 2.25 bits per heavy atom. The number of benzene rings is 1. The minimum Gasteiger partial charge on any atom is -0.377 e. The molecule has 0 unspecified atom stereocenters. The van der Waals surface area contributed by atoms with Crippen LogP contribution in [0.15, 0.2) is 18.2 Å². The third kappa shape index (κ3) is 2.35. The fourth-order valence-corrected chi connectivity index (χ4v) is 2.44. The fraction of sp³-hybridized carbons (Fsp3) is 0.357. The molecule has 0 saturated carbocycles. The van der Waals surface area contributed by atoms with Gasteiger partial charge >= 0.3 is 0 Å². The maximum Gasteiger partial charge on any atom is 0.152 e. The average Bonchev–Trinajstić information content (AvgIpc) is 2.89. The number of aryl methyl sites for hydroxylation is 1. The van der Waals surface area contributed by atoms with Crippen molar-refractivity contribution in [2.45, 2.75) is 32.4 Å². The van der Waals surface area contributed by atoms with Crippen LogP contribution in [-0.2, 0) is 19.5 Å². The first-order chi connectivity index (χ1) is 9.78. The van der Waals surface area contributed by atoms with Crippen LogP contribution < -0.4 is 5.32 Å². The largest absolute Gasteiger partial charge is 0.377 e. The van der Waals surface area contributed by atoms with E-state index in [2.05, 4.69) is 20.1 Å². The average molecular weight is 271 g/mol. The van der Waals surface area contributed by atoms with E-state index in [1.165, 1.54) is 12.1 Å². The molecule has 0 saturated heterocycles. The molecule has 0 amide bonds. The number of rotatable bonds is 3. The van der Waals surface area contributed by atoms with Crippen molar-refractivity contribution in [3.8, 4) is 6.07 Å². The van der Waals surface area contributed by atoms with Gasteiger partial charge in [0.05, 0.1) is 17.8 Å². The van der Waals surface area contributed by atoms with Gasteiger partial charge < -0.3 is 9.88 Å². The van der Waals surface area contributed by atoms with Crippen LogP contribution in [0.3, 0.4) is 0 Å². The first kappa shape index (κ1) is 12.6. The van der Waals surface area contributed by atoms with Gasteiger partial charge in [0.1, 0.15) is 17.7 Å². The van der Waals surface area contributed by atoms with E-state index >= 15 is 0 Å². The lowest BCUT2D eigenvalue weighted by Gasteiger charge is -2.15. The standard InChI is InChI=1S/C14H14FN5/c15-11-4-5-12(10(7-11)8-16)17-9-14-19-18-13-3-1-2-6-20(13)14/h4-5,7,17H,1-3,6,9H2. The Kier molecular flexibility index (Phi) is 3.33. The molecule has 0 bridgehead atoms. The second-order valence-corrected chi connectivity index (χ2v) is 4.80. The maximum atomic E-state index is 13.1. The van der Waals surface area contributed by atoms with Gasteiger partial charge in [0.2, 0.25) is 0 Å². The van der Waals surface area contributed by atoms with E-state index in [0.717, 1.165) is 37.5 Å². The Bertz CT molecular complexity index is 671. The van der Waals surface area contributed by atoms with Crippen LogP contribution >= 0.6 is 0 Å². The Morgan fingerprint density at radius 1 is 1.35 bits per heavy atom. The van der Waals surface area contributed by atoms with Crippen molar-refractivity contribution >= 4 is 5.69 Å². The van der Waals surface area contributed by atoms with Gasteiger partial charge in [-0.05, 0) is 31.0 Å². The quantitative estimate of drug-likeness (QED) is 0.929. The van der Waals surface area contributed by atoms with Crippen molar-refractivity contribution < 1.29 is 4.39 Å². The van der Waals surface area contributed by atoms with Crippen LogP contribution in [0.4, 0.5) is 10.1 Å². The monoisotopic (exact) mass is 271 g/mol. The molecule has 3 rings (SSSR count). The molecular weight excluding hydrogens is 257 g/mol. The van der Waals surface area contributed by atoms with Crippen molar-refractivity contribution in [3.05, 3.63) is 41.2 Å². The molecule has 6 heteroatoms. The Hall–Kier alpha value is -2.42. The van der Waals surface area contributed by atoms with E-state index in [0.29, 0.717) is 17.8 Å². The van der Waals surface area contributed by atoms with Crippen molar-refractivity contribution in [1.29, 1.82) is 5.26 Å². The molecule has 0 fully saturated rings. The summed E-state index contributed by atoms with van der Waals surface area (Å²) in [5, 5.41) is 20.5. The Balaban J connectivity index is 1.77. The lowest BCUT2D eigenvalue weighted by Crippen LogP contribution is -2.15. The highest BCUT2D eigenvalue weighted by molar-refractivity contribution is 5.57. The van der Waals surface area contributed by atoms with E-state index in [9.17, 15) is 4.39 Å². The van der Waals surface area contributed by atoms with Crippen molar-refractivity contribution in [2.75, 3.05) is 5.32 Å². The lowest BCUT2D eigenvalue weighted by atomic mass is 10.1. The zero-order valence-corrected chi connectivity index (χ0v) is 10.9. The minimum absolute atomic E-state index is 0.295. The second-order valence-electron chi connectivity index (χ2n) is 4.80. The molecule has 2 heterocycles. The van der Waals surface area contributed by atoms with Crippen LogP contribution in [0.5, 0.6) is 0 Å². The molecule has 0 atom stereocenters. The van der Waals surface area contributed by atoms with Gasteiger partial charge in [0.25, 0.3) is 0 Å². The molecule has 0 spiro atoms. The topological polar surface area (TPSA) is 66.5 Å². The smallest absolute Gasteiger partial charge is 0.152 e. The zero-order chi connectivity index (χ0) is 13.9. The molecule has 102 valence electrons. The summed E-state index contributed by atoms with van der Waals surface area (Å²) in [5.74, 6) is 1.47. The van der Waals surface area contributed by atoms with Crippen molar-refractivity contribution in [2.24, 2.45) is 0 Å². The molecule has 5 nitrogen and oxygen atoms in total. The van der Waals surface area contributed by atoms with Gasteiger partial charge in [-0.3, -0.25) is 0 Å². The molecule has 20 heavy (non-hydrogen) atoms. The summed E-state index contributed by atoms with van der Waals surface area (Å²) in [4.78, 5) is 0. The van der Waals surface area contributed by atoms with E-state index in [-0.39, 0.29) is 0 Å². The lowest BCUT2D eigenvalue weighted by molar-refractivity contribution is 0.510. The van der Waals surface area contributed by atoms with Crippen LogP contribution in [0.25, 0.3) is 0 Å². The summed E-state index contributed by atoms with van der Waals surface area (Å²) < 4.78 is 15.2. The molecule has 1 aromatic heterocycles. The highest BCUT2D eigenvalue weighted by Gasteiger charge is 2.15. The predicted molar refractivity (Wildman–Crippen MR) is 71.4 cm³/mol. The molecule has 1 aromatic carbocycles. The Morgan fingerprint density at radius 3 is 3.10 bits per heavy atom. The summed E-state index contributed by atoms with van der Waals surface area (Å²) in [5.41, 5.74) is 0.908. The molecule has 0 aliphatic carbocycles.